The summed E-state index contributed by atoms with van der Waals surface area (Å²) in [5.41, 5.74) is 0.467. The maximum atomic E-state index is 12.5. The number of hydrogen-bond donors (Lipinski definition) is 1. The molecule has 21 heavy (non-hydrogen) atoms. The normalized spacial score (nSPS) is 22.5. The molecule has 0 radical (unpaired) electrons. The monoisotopic (exact) mass is 324 g/mol. The van der Waals surface area contributed by atoms with Crippen LogP contribution >= 0.6 is 22.7 Å². The summed E-state index contributed by atoms with van der Waals surface area (Å²) in [6.07, 6.45) is -0.386. The first kappa shape index (κ1) is 14.6. The lowest BCUT2D eigenvalue weighted by Gasteiger charge is -2.35. The Hall–Kier alpha value is -1.28. The number of carbonyl (C=O) groups is 1. The molecular formula is C14H16N2O3S2. The lowest BCUT2D eigenvalue weighted by atomic mass is 10.2. The predicted octanol–water partition coefficient (Wildman–Crippen LogP) is 2.09. The van der Waals surface area contributed by atoms with Gasteiger partial charge in [0.2, 0.25) is 0 Å². The molecule has 1 N–H and O–H groups in total. The fourth-order valence-corrected chi connectivity index (χ4v) is 3.97. The molecule has 1 aliphatic rings. The summed E-state index contributed by atoms with van der Waals surface area (Å²) in [5, 5.41) is 13.9. The molecule has 0 aliphatic carbocycles. The summed E-state index contributed by atoms with van der Waals surface area (Å²) in [4.78, 5) is 19.7. The average molecular weight is 324 g/mol. The zero-order chi connectivity index (χ0) is 14.8. The van der Waals surface area contributed by atoms with E-state index in [1.807, 2.05) is 24.4 Å². The molecule has 1 amide bonds. The second-order valence-corrected chi connectivity index (χ2v) is 6.78. The highest BCUT2D eigenvalue weighted by Gasteiger charge is 2.29. The number of thiophene rings is 1. The topological polar surface area (TPSA) is 62.7 Å². The highest BCUT2D eigenvalue weighted by molar-refractivity contribution is 7.20. The van der Waals surface area contributed by atoms with Gasteiger partial charge in [0, 0.05) is 18.5 Å². The van der Waals surface area contributed by atoms with E-state index in [4.69, 9.17) is 4.74 Å². The SMILES string of the molecule is CC1CN(C(=O)c2csc(-c3cccs3)n2)CC(CO)O1. The van der Waals surface area contributed by atoms with Gasteiger partial charge in [0.25, 0.3) is 5.91 Å². The van der Waals surface area contributed by atoms with Crippen LogP contribution in [0.4, 0.5) is 0 Å². The largest absolute Gasteiger partial charge is 0.394 e. The number of morpholine rings is 1. The zero-order valence-corrected chi connectivity index (χ0v) is 13.2. The van der Waals surface area contributed by atoms with E-state index in [9.17, 15) is 9.90 Å². The van der Waals surface area contributed by atoms with Gasteiger partial charge in [-0.1, -0.05) is 6.07 Å². The zero-order valence-electron chi connectivity index (χ0n) is 11.6. The first-order valence-electron chi connectivity index (χ1n) is 6.72. The van der Waals surface area contributed by atoms with E-state index in [0.717, 1.165) is 9.88 Å². The summed E-state index contributed by atoms with van der Waals surface area (Å²) < 4.78 is 5.56. The molecule has 2 unspecified atom stereocenters. The lowest BCUT2D eigenvalue weighted by molar-refractivity contribution is -0.0859. The summed E-state index contributed by atoms with van der Waals surface area (Å²) in [7, 11) is 0. The van der Waals surface area contributed by atoms with E-state index < -0.39 is 0 Å². The Kier molecular flexibility index (Phi) is 4.34. The number of aromatic nitrogens is 1. The fraction of sp³-hybridized carbons (Fsp3) is 0.429. The number of carbonyl (C=O) groups excluding carboxylic acids is 1. The van der Waals surface area contributed by atoms with Crippen molar-refractivity contribution >= 4 is 28.6 Å². The first-order valence-corrected chi connectivity index (χ1v) is 8.48. The van der Waals surface area contributed by atoms with Crippen molar-refractivity contribution in [2.45, 2.75) is 19.1 Å². The van der Waals surface area contributed by atoms with Crippen LogP contribution in [0.3, 0.4) is 0 Å². The van der Waals surface area contributed by atoms with Gasteiger partial charge in [0.05, 0.1) is 23.7 Å². The molecule has 3 rings (SSSR count). The third-order valence-electron chi connectivity index (χ3n) is 3.27. The van der Waals surface area contributed by atoms with Crippen molar-refractivity contribution < 1.29 is 14.6 Å². The van der Waals surface area contributed by atoms with Crippen LogP contribution in [0.25, 0.3) is 9.88 Å². The lowest BCUT2D eigenvalue weighted by Crippen LogP contribution is -2.50. The van der Waals surface area contributed by atoms with Gasteiger partial charge in [-0.15, -0.1) is 22.7 Å². The quantitative estimate of drug-likeness (QED) is 0.939. The molecule has 1 aliphatic heterocycles. The standard InChI is InChI=1S/C14H16N2O3S2/c1-9-5-16(6-10(7-17)19-9)14(18)11-8-21-13(15-11)12-3-2-4-20-12/h2-4,8-10,17H,5-7H2,1H3. The molecule has 1 fully saturated rings. The maximum Gasteiger partial charge on any atom is 0.273 e. The molecule has 0 saturated carbocycles. The van der Waals surface area contributed by atoms with Crippen LogP contribution in [0.15, 0.2) is 22.9 Å². The first-order chi connectivity index (χ1) is 10.2. The third kappa shape index (κ3) is 3.16. The number of ether oxygens (including phenoxy) is 1. The van der Waals surface area contributed by atoms with Crippen LogP contribution in [0, 0.1) is 0 Å². The van der Waals surface area contributed by atoms with Gasteiger partial charge in [-0.2, -0.15) is 0 Å². The smallest absolute Gasteiger partial charge is 0.273 e. The molecule has 5 nitrogen and oxygen atoms in total. The summed E-state index contributed by atoms with van der Waals surface area (Å²) in [5.74, 6) is -0.0948. The molecule has 2 atom stereocenters. The molecule has 112 valence electrons. The number of thiazole rings is 1. The predicted molar refractivity (Wildman–Crippen MR) is 82.8 cm³/mol. The van der Waals surface area contributed by atoms with Gasteiger partial charge in [0.15, 0.2) is 0 Å². The molecule has 2 aromatic heterocycles. The summed E-state index contributed by atoms with van der Waals surface area (Å²) in [6, 6.07) is 3.97. The Bertz CT molecular complexity index is 612. The van der Waals surface area contributed by atoms with Crippen molar-refractivity contribution in [2.75, 3.05) is 19.7 Å². The summed E-state index contributed by atoms with van der Waals surface area (Å²) in [6.45, 7) is 2.76. The molecule has 7 heteroatoms. The van der Waals surface area contributed by atoms with Gasteiger partial charge >= 0.3 is 0 Å². The van der Waals surface area contributed by atoms with Gasteiger partial charge in [0.1, 0.15) is 10.7 Å². The Morgan fingerprint density at radius 2 is 2.38 bits per heavy atom. The number of rotatable bonds is 3. The van der Waals surface area contributed by atoms with Crippen LogP contribution in [-0.2, 0) is 4.74 Å². The number of hydrogen-bond acceptors (Lipinski definition) is 6. The second-order valence-electron chi connectivity index (χ2n) is 4.98. The molecule has 0 bridgehead atoms. The van der Waals surface area contributed by atoms with Crippen molar-refractivity contribution in [3.63, 3.8) is 0 Å². The van der Waals surface area contributed by atoms with E-state index >= 15 is 0 Å². The molecule has 2 aromatic rings. The highest BCUT2D eigenvalue weighted by atomic mass is 32.1. The molecule has 0 spiro atoms. The van der Waals surface area contributed by atoms with Crippen molar-refractivity contribution in [1.82, 2.24) is 9.88 Å². The Morgan fingerprint density at radius 3 is 3.10 bits per heavy atom. The number of aliphatic hydroxyl groups is 1. The minimum atomic E-state index is -0.312. The van der Waals surface area contributed by atoms with Crippen LogP contribution < -0.4 is 0 Å². The molecular weight excluding hydrogens is 308 g/mol. The molecule has 1 saturated heterocycles. The van der Waals surface area contributed by atoms with E-state index in [1.165, 1.54) is 11.3 Å². The van der Waals surface area contributed by atoms with Crippen LogP contribution in [-0.4, -0.2) is 52.8 Å². The minimum absolute atomic E-state index is 0.0738. The minimum Gasteiger partial charge on any atom is -0.394 e. The Balaban J connectivity index is 1.76. The fourth-order valence-electron chi connectivity index (χ4n) is 2.36. The van der Waals surface area contributed by atoms with Gasteiger partial charge in [-0.05, 0) is 18.4 Å². The average Bonchev–Trinajstić information content (AvgIpc) is 3.16. The van der Waals surface area contributed by atoms with E-state index in [0.29, 0.717) is 18.8 Å². The van der Waals surface area contributed by atoms with Crippen LogP contribution in [0.2, 0.25) is 0 Å². The summed E-state index contributed by atoms with van der Waals surface area (Å²) >= 11 is 3.09. The van der Waals surface area contributed by atoms with E-state index in [2.05, 4.69) is 4.98 Å². The highest BCUT2D eigenvalue weighted by Crippen LogP contribution is 2.28. The molecule has 3 heterocycles. The number of amides is 1. The second kappa shape index (κ2) is 6.23. The van der Waals surface area contributed by atoms with E-state index in [-0.39, 0.29) is 24.7 Å². The number of nitrogens with zero attached hydrogens (tertiary/aromatic N) is 2. The molecule has 0 aromatic carbocycles. The van der Waals surface area contributed by atoms with Gasteiger partial charge in [-0.3, -0.25) is 4.79 Å². The third-order valence-corrected chi connectivity index (χ3v) is 5.15. The van der Waals surface area contributed by atoms with Crippen molar-refractivity contribution in [1.29, 1.82) is 0 Å². The van der Waals surface area contributed by atoms with Crippen LogP contribution in [0.5, 0.6) is 0 Å². The van der Waals surface area contributed by atoms with Crippen LogP contribution in [0.1, 0.15) is 17.4 Å². The van der Waals surface area contributed by atoms with Gasteiger partial charge in [-0.25, -0.2) is 4.98 Å². The Labute approximate surface area is 130 Å². The van der Waals surface area contributed by atoms with Crippen molar-refractivity contribution in [3.8, 4) is 9.88 Å². The number of aliphatic hydroxyl groups excluding tert-OH is 1. The van der Waals surface area contributed by atoms with E-state index in [1.54, 1.807) is 21.6 Å². The van der Waals surface area contributed by atoms with Gasteiger partial charge < -0.3 is 14.7 Å². The Morgan fingerprint density at radius 1 is 1.52 bits per heavy atom. The van der Waals surface area contributed by atoms with Crippen molar-refractivity contribution in [3.05, 3.63) is 28.6 Å². The van der Waals surface area contributed by atoms with Crippen molar-refractivity contribution in [2.24, 2.45) is 0 Å². The maximum absolute atomic E-state index is 12.5.